The first-order valence-corrected chi connectivity index (χ1v) is 7.60. The predicted octanol–water partition coefficient (Wildman–Crippen LogP) is 2.48. The van der Waals surface area contributed by atoms with Gasteiger partial charge >= 0.3 is 0 Å². The van der Waals surface area contributed by atoms with E-state index in [1.165, 1.54) is 0 Å². The van der Waals surface area contributed by atoms with Crippen LogP contribution in [0, 0.1) is 0 Å². The minimum atomic E-state index is 0.256. The van der Waals surface area contributed by atoms with E-state index >= 15 is 0 Å². The smallest absolute Gasteiger partial charge is 0.226 e. The third-order valence-electron chi connectivity index (χ3n) is 4.10. The fraction of sp³-hybridized carbons (Fsp3) is 0.235. The normalized spacial score (nSPS) is 14.2. The number of hydrogen-bond acceptors (Lipinski definition) is 5. The van der Waals surface area contributed by atoms with Crippen LogP contribution in [0.15, 0.2) is 36.8 Å². The number of hydrogen-bond donors (Lipinski definition) is 1. The molecule has 3 aromatic heterocycles. The second-order valence-electron chi connectivity index (χ2n) is 5.53. The Morgan fingerprint density at radius 1 is 1.26 bits per heavy atom. The van der Waals surface area contributed by atoms with Gasteiger partial charge < -0.3 is 14.9 Å². The first-order chi connectivity index (χ1) is 11.3. The van der Waals surface area contributed by atoms with E-state index in [2.05, 4.69) is 33.3 Å². The monoisotopic (exact) mass is 307 g/mol. The molecule has 3 aromatic rings. The molecule has 6 heteroatoms. The quantitative estimate of drug-likeness (QED) is 0.787. The highest BCUT2D eigenvalue weighted by Gasteiger charge is 2.21. The molecular weight excluding hydrogens is 290 g/mol. The molecule has 116 valence electrons. The molecule has 0 atom stereocenters. The maximum atomic E-state index is 5.82. The topological polar surface area (TPSA) is 78.3 Å². The number of fused-ring (bicyclic) bond motifs is 2. The zero-order chi connectivity index (χ0) is 15.8. The molecule has 0 fully saturated rings. The lowest BCUT2D eigenvalue weighted by atomic mass is 9.98. The Morgan fingerprint density at radius 3 is 3.04 bits per heavy atom. The number of allylic oxidation sites excluding steroid dienone is 1. The van der Waals surface area contributed by atoms with E-state index in [-0.39, 0.29) is 5.95 Å². The SMILES string of the molecule is COc1nc(N)nc2c1C(c1ccc3nccn3c1)=CCCC2. The van der Waals surface area contributed by atoms with E-state index in [4.69, 9.17) is 10.5 Å². The maximum absolute atomic E-state index is 5.82. The molecule has 3 heterocycles. The second kappa shape index (κ2) is 5.39. The Morgan fingerprint density at radius 2 is 2.17 bits per heavy atom. The highest BCUT2D eigenvalue weighted by Crippen LogP contribution is 2.35. The van der Waals surface area contributed by atoms with Crippen LogP contribution in [0.1, 0.15) is 29.7 Å². The molecule has 0 aliphatic heterocycles. The molecule has 0 saturated heterocycles. The Kier molecular flexibility index (Phi) is 3.22. The minimum Gasteiger partial charge on any atom is -0.480 e. The van der Waals surface area contributed by atoms with Crippen LogP contribution in [0.25, 0.3) is 11.2 Å². The van der Waals surface area contributed by atoms with Crippen molar-refractivity contribution in [3.05, 3.63) is 53.6 Å². The molecule has 1 aliphatic rings. The van der Waals surface area contributed by atoms with Gasteiger partial charge in [0.2, 0.25) is 11.8 Å². The first kappa shape index (κ1) is 13.8. The van der Waals surface area contributed by atoms with Crippen molar-refractivity contribution in [2.75, 3.05) is 12.8 Å². The van der Waals surface area contributed by atoms with Crippen molar-refractivity contribution in [3.63, 3.8) is 0 Å². The van der Waals surface area contributed by atoms with Crippen LogP contribution in [-0.2, 0) is 6.42 Å². The number of anilines is 1. The van der Waals surface area contributed by atoms with Gasteiger partial charge in [-0.05, 0) is 42.5 Å². The first-order valence-electron chi connectivity index (χ1n) is 7.60. The molecule has 0 unspecified atom stereocenters. The third-order valence-corrected chi connectivity index (χ3v) is 4.10. The maximum Gasteiger partial charge on any atom is 0.226 e. The molecule has 1 aliphatic carbocycles. The summed E-state index contributed by atoms with van der Waals surface area (Å²) in [4.78, 5) is 13.0. The van der Waals surface area contributed by atoms with Gasteiger partial charge in [0.05, 0.1) is 18.4 Å². The van der Waals surface area contributed by atoms with Crippen molar-refractivity contribution in [2.24, 2.45) is 0 Å². The molecule has 0 amide bonds. The van der Waals surface area contributed by atoms with Crippen molar-refractivity contribution in [1.29, 1.82) is 0 Å². The summed E-state index contributed by atoms with van der Waals surface area (Å²) in [6, 6.07) is 4.07. The van der Waals surface area contributed by atoms with E-state index in [1.54, 1.807) is 13.3 Å². The van der Waals surface area contributed by atoms with Gasteiger partial charge in [0, 0.05) is 18.6 Å². The van der Waals surface area contributed by atoms with Crippen molar-refractivity contribution in [2.45, 2.75) is 19.3 Å². The molecule has 0 aromatic carbocycles. The Balaban J connectivity index is 1.94. The van der Waals surface area contributed by atoms with Crippen molar-refractivity contribution >= 4 is 17.2 Å². The van der Waals surface area contributed by atoms with E-state index in [9.17, 15) is 0 Å². The van der Waals surface area contributed by atoms with Crippen LogP contribution in [-0.4, -0.2) is 26.5 Å². The molecule has 23 heavy (non-hydrogen) atoms. The average molecular weight is 307 g/mol. The number of aryl methyl sites for hydroxylation is 1. The van der Waals surface area contributed by atoms with Gasteiger partial charge in [0.15, 0.2) is 0 Å². The number of nitrogens with zero attached hydrogens (tertiary/aromatic N) is 4. The summed E-state index contributed by atoms with van der Waals surface area (Å²) in [6.07, 6.45) is 10.9. The third kappa shape index (κ3) is 2.32. The molecule has 0 radical (unpaired) electrons. The summed E-state index contributed by atoms with van der Waals surface area (Å²) >= 11 is 0. The summed E-state index contributed by atoms with van der Waals surface area (Å²) < 4.78 is 7.49. The van der Waals surface area contributed by atoms with E-state index in [0.29, 0.717) is 5.88 Å². The molecule has 4 rings (SSSR count). The summed E-state index contributed by atoms with van der Waals surface area (Å²) in [5.74, 6) is 0.790. The molecular formula is C17H17N5O. The van der Waals surface area contributed by atoms with Gasteiger partial charge in [-0.2, -0.15) is 4.98 Å². The predicted molar refractivity (Wildman–Crippen MR) is 88.2 cm³/mol. The van der Waals surface area contributed by atoms with Crippen LogP contribution < -0.4 is 10.5 Å². The molecule has 6 nitrogen and oxygen atoms in total. The summed E-state index contributed by atoms with van der Waals surface area (Å²) in [7, 11) is 1.61. The lowest BCUT2D eigenvalue weighted by molar-refractivity contribution is 0.395. The van der Waals surface area contributed by atoms with Gasteiger partial charge in [0.25, 0.3) is 0 Å². The van der Waals surface area contributed by atoms with E-state index < -0.39 is 0 Å². The molecule has 0 bridgehead atoms. The number of ether oxygens (including phenoxy) is 1. The summed E-state index contributed by atoms with van der Waals surface area (Å²) in [5.41, 5.74) is 10.8. The number of nitrogens with two attached hydrogens (primary N) is 1. The van der Waals surface area contributed by atoms with E-state index in [0.717, 1.165) is 47.3 Å². The Bertz CT molecular complexity index is 912. The van der Waals surface area contributed by atoms with Crippen LogP contribution in [0.5, 0.6) is 5.88 Å². The van der Waals surface area contributed by atoms with Gasteiger partial charge in [-0.1, -0.05) is 6.08 Å². The average Bonchev–Trinajstić information content (AvgIpc) is 2.92. The van der Waals surface area contributed by atoms with Crippen LogP contribution in [0.2, 0.25) is 0 Å². The zero-order valence-electron chi connectivity index (χ0n) is 12.9. The highest BCUT2D eigenvalue weighted by atomic mass is 16.5. The molecule has 0 spiro atoms. The lowest BCUT2D eigenvalue weighted by Gasteiger charge is -2.14. The number of imidazole rings is 1. The number of aromatic nitrogens is 4. The number of nitrogen functional groups attached to an aromatic ring is 1. The lowest BCUT2D eigenvalue weighted by Crippen LogP contribution is -2.07. The van der Waals surface area contributed by atoms with Crippen LogP contribution in [0.3, 0.4) is 0 Å². The molecule has 2 N–H and O–H groups in total. The van der Waals surface area contributed by atoms with Gasteiger partial charge in [-0.3, -0.25) is 0 Å². The van der Waals surface area contributed by atoms with Crippen molar-refractivity contribution < 1.29 is 4.74 Å². The van der Waals surface area contributed by atoms with Crippen LogP contribution >= 0.6 is 0 Å². The largest absolute Gasteiger partial charge is 0.480 e. The second-order valence-corrected chi connectivity index (χ2v) is 5.53. The summed E-state index contributed by atoms with van der Waals surface area (Å²) in [5, 5.41) is 0. The van der Waals surface area contributed by atoms with Crippen molar-refractivity contribution in [3.8, 4) is 5.88 Å². The number of methoxy groups -OCH3 is 1. The van der Waals surface area contributed by atoms with Gasteiger partial charge in [-0.25, -0.2) is 9.97 Å². The van der Waals surface area contributed by atoms with Crippen molar-refractivity contribution in [1.82, 2.24) is 19.4 Å². The van der Waals surface area contributed by atoms with E-state index in [1.807, 2.05) is 16.7 Å². The van der Waals surface area contributed by atoms with Gasteiger partial charge in [-0.15, -0.1) is 0 Å². The fourth-order valence-corrected chi connectivity index (χ4v) is 3.06. The Labute approximate surface area is 133 Å². The fourth-order valence-electron chi connectivity index (χ4n) is 3.06. The number of pyridine rings is 1. The van der Waals surface area contributed by atoms with Gasteiger partial charge in [0.1, 0.15) is 5.65 Å². The summed E-state index contributed by atoms with van der Waals surface area (Å²) in [6.45, 7) is 0. The molecule has 0 saturated carbocycles. The standard InChI is InChI=1S/C17H17N5O/c1-23-16-15-12(4-2-3-5-13(15)20-17(18)21-16)11-6-7-14-19-8-9-22(14)10-11/h4,6-10H,2-3,5H2,1H3,(H2,18,20,21). The zero-order valence-corrected chi connectivity index (χ0v) is 12.9. The highest BCUT2D eigenvalue weighted by molar-refractivity contribution is 5.84. The Hall–Kier alpha value is -2.89. The van der Waals surface area contributed by atoms with Crippen LogP contribution in [0.4, 0.5) is 5.95 Å². The minimum absolute atomic E-state index is 0.256. The number of rotatable bonds is 2.